The summed E-state index contributed by atoms with van der Waals surface area (Å²) in [5.74, 6) is -0.482. The van der Waals surface area contributed by atoms with Crippen LogP contribution < -0.4 is 10.6 Å². The predicted molar refractivity (Wildman–Crippen MR) is 121 cm³/mol. The summed E-state index contributed by atoms with van der Waals surface area (Å²) in [6.07, 6.45) is 0. The summed E-state index contributed by atoms with van der Waals surface area (Å²) in [6.45, 7) is 5.52. The zero-order valence-electron chi connectivity index (χ0n) is 17.8. The maximum atomic E-state index is 13.3. The third kappa shape index (κ3) is 3.77. The number of carbonyl (C=O) groups excluding carboxylic acids is 3. The van der Waals surface area contributed by atoms with Gasteiger partial charge in [0.15, 0.2) is 0 Å². The molecule has 1 aliphatic rings. The van der Waals surface area contributed by atoms with Crippen LogP contribution in [0.1, 0.15) is 37.8 Å². The first-order chi connectivity index (χ1) is 14.8. The standard InChI is InChI=1S/C25H25N3O3/c1-16(2)17-11-13-19(14-12-17)26-22(29)15-28-23(30)25(3,27-24(28)31)21-10-6-8-18-7-4-5-9-20(18)21/h4-14,16H,15H2,1-3H3,(H,26,29)(H,27,31)/t25-/m1/s1. The van der Waals surface area contributed by atoms with Crippen molar-refractivity contribution in [2.45, 2.75) is 32.2 Å². The highest BCUT2D eigenvalue weighted by molar-refractivity contribution is 6.11. The molecule has 0 saturated carbocycles. The summed E-state index contributed by atoms with van der Waals surface area (Å²) < 4.78 is 0. The Morgan fingerprint density at radius 2 is 1.68 bits per heavy atom. The van der Waals surface area contributed by atoms with Gasteiger partial charge in [0, 0.05) is 5.69 Å². The number of rotatable bonds is 5. The summed E-state index contributed by atoms with van der Waals surface area (Å²) in [5.41, 5.74) is 1.25. The van der Waals surface area contributed by atoms with Gasteiger partial charge in [0.25, 0.3) is 5.91 Å². The van der Waals surface area contributed by atoms with E-state index in [2.05, 4.69) is 24.5 Å². The van der Waals surface area contributed by atoms with Crippen LogP contribution in [0.2, 0.25) is 0 Å². The van der Waals surface area contributed by atoms with E-state index in [0.29, 0.717) is 17.2 Å². The van der Waals surface area contributed by atoms with Crippen LogP contribution >= 0.6 is 0 Å². The lowest BCUT2D eigenvalue weighted by Gasteiger charge is -2.24. The summed E-state index contributed by atoms with van der Waals surface area (Å²) in [7, 11) is 0. The van der Waals surface area contributed by atoms with E-state index in [-0.39, 0.29) is 6.54 Å². The van der Waals surface area contributed by atoms with Crippen molar-refractivity contribution in [3.63, 3.8) is 0 Å². The first kappa shape index (κ1) is 20.6. The Bertz CT molecular complexity index is 1160. The van der Waals surface area contributed by atoms with E-state index in [1.54, 1.807) is 6.92 Å². The van der Waals surface area contributed by atoms with Gasteiger partial charge in [-0.05, 0) is 46.9 Å². The first-order valence-corrected chi connectivity index (χ1v) is 10.3. The lowest BCUT2D eigenvalue weighted by Crippen LogP contribution is -2.42. The van der Waals surface area contributed by atoms with E-state index in [0.717, 1.165) is 21.2 Å². The molecular weight excluding hydrogens is 390 g/mol. The fourth-order valence-electron chi connectivity index (χ4n) is 3.98. The summed E-state index contributed by atoms with van der Waals surface area (Å²) in [4.78, 5) is 39.4. The molecule has 3 aromatic rings. The quantitative estimate of drug-likeness (QED) is 0.608. The van der Waals surface area contributed by atoms with Crippen LogP contribution in [0.25, 0.3) is 10.8 Å². The number of urea groups is 1. The monoisotopic (exact) mass is 415 g/mol. The number of amides is 4. The molecule has 0 unspecified atom stereocenters. The van der Waals surface area contributed by atoms with Gasteiger partial charge in [-0.1, -0.05) is 68.4 Å². The van der Waals surface area contributed by atoms with Crippen LogP contribution in [0.3, 0.4) is 0 Å². The average molecular weight is 415 g/mol. The second kappa shape index (κ2) is 7.87. The number of nitrogens with one attached hydrogen (secondary N) is 2. The van der Waals surface area contributed by atoms with Crippen LogP contribution in [0.5, 0.6) is 0 Å². The minimum absolute atomic E-state index is 0.350. The van der Waals surface area contributed by atoms with Crippen molar-refractivity contribution in [2.24, 2.45) is 0 Å². The molecule has 1 fully saturated rings. The smallest absolute Gasteiger partial charge is 0.325 e. The fourth-order valence-corrected chi connectivity index (χ4v) is 3.98. The van der Waals surface area contributed by atoms with Crippen LogP contribution in [0.15, 0.2) is 66.7 Å². The minimum Gasteiger partial charge on any atom is -0.325 e. The molecule has 0 aliphatic carbocycles. The topological polar surface area (TPSA) is 78.5 Å². The Morgan fingerprint density at radius 3 is 2.39 bits per heavy atom. The number of imide groups is 1. The maximum Gasteiger partial charge on any atom is 0.325 e. The van der Waals surface area contributed by atoms with Gasteiger partial charge in [0.2, 0.25) is 5.91 Å². The van der Waals surface area contributed by atoms with E-state index in [9.17, 15) is 14.4 Å². The van der Waals surface area contributed by atoms with Crippen LogP contribution in [-0.2, 0) is 15.1 Å². The van der Waals surface area contributed by atoms with E-state index < -0.39 is 23.4 Å². The number of carbonyl (C=O) groups is 3. The van der Waals surface area contributed by atoms with Gasteiger partial charge < -0.3 is 10.6 Å². The highest BCUT2D eigenvalue weighted by atomic mass is 16.2. The highest BCUT2D eigenvalue weighted by Crippen LogP contribution is 2.33. The number of anilines is 1. The Hall–Kier alpha value is -3.67. The molecule has 0 spiro atoms. The van der Waals surface area contributed by atoms with Crippen molar-refractivity contribution in [3.8, 4) is 0 Å². The molecule has 1 atom stereocenters. The normalized spacial score (nSPS) is 18.5. The van der Waals surface area contributed by atoms with Crippen molar-refractivity contribution in [1.82, 2.24) is 10.2 Å². The van der Waals surface area contributed by atoms with E-state index in [1.165, 1.54) is 0 Å². The molecule has 4 amide bonds. The van der Waals surface area contributed by atoms with Gasteiger partial charge in [-0.3, -0.25) is 14.5 Å². The second-order valence-corrected chi connectivity index (χ2v) is 8.30. The molecular formula is C25H25N3O3. The van der Waals surface area contributed by atoms with Crippen molar-refractivity contribution in [1.29, 1.82) is 0 Å². The van der Waals surface area contributed by atoms with Crippen molar-refractivity contribution in [2.75, 3.05) is 11.9 Å². The number of benzene rings is 3. The zero-order chi connectivity index (χ0) is 22.2. The molecule has 2 N–H and O–H groups in total. The number of nitrogens with zero attached hydrogens (tertiary/aromatic N) is 1. The Labute approximate surface area is 181 Å². The largest absolute Gasteiger partial charge is 0.325 e. The average Bonchev–Trinajstić information content (AvgIpc) is 2.97. The molecule has 158 valence electrons. The summed E-state index contributed by atoms with van der Waals surface area (Å²) in [6, 6.07) is 20.3. The molecule has 1 saturated heterocycles. The number of hydrogen-bond acceptors (Lipinski definition) is 3. The van der Waals surface area contributed by atoms with Crippen LogP contribution in [-0.4, -0.2) is 29.3 Å². The lowest BCUT2D eigenvalue weighted by atomic mass is 9.88. The number of hydrogen-bond donors (Lipinski definition) is 2. The van der Waals surface area contributed by atoms with Crippen molar-refractivity contribution < 1.29 is 14.4 Å². The third-order valence-electron chi connectivity index (χ3n) is 5.77. The molecule has 0 bridgehead atoms. The molecule has 1 heterocycles. The maximum absolute atomic E-state index is 13.3. The molecule has 6 nitrogen and oxygen atoms in total. The van der Waals surface area contributed by atoms with Crippen LogP contribution in [0, 0.1) is 0 Å². The van der Waals surface area contributed by atoms with Crippen molar-refractivity contribution >= 4 is 34.3 Å². The Balaban J connectivity index is 1.53. The lowest BCUT2D eigenvalue weighted by molar-refractivity contribution is -0.133. The molecule has 3 aromatic carbocycles. The fraction of sp³-hybridized carbons (Fsp3) is 0.240. The Kier molecular flexibility index (Phi) is 5.23. The van der Waals surface area contributed by atoms with E-state index in [4.69, 9.17) is 0 Å². The molecule has 6 heteroatoms. The second-order valence-electron chi connectivity index (χ2n) is 8.30. The first-order valence-electron chi connectivity index (χ1n) is 10.3. The Morgan fingerprint density at radius 1 is 1.00 bits per heavy atom. The van der Waals surface area contributed by atoms with Crippen molar-refractivity contribution in [3.05, 3.63) is 77.9 Å². The predicted octanol–water partition coefficient (Wildman–Crippen LogP) is 4.37. The van der Waals surface area contributed by atoms with E-state index in [1.807, 2.05) is 66.7 Å². The van der Waals surface area contributed by atoms with Gasteiger partial charge in [-0.2, -0.15) is 0 Å². The molecule has 4 rings (SSSR count). The third-order valence-corrected chi connectivity index (χ3v) is 5.77. The minimum atomic E-state index is -1.24. The number of fused-ring (bicyclic) bond motifs is 1. The van der Waals surface area contributed by atoms with Gasteiger partial charge in [0.1, 0.15) is 12.1 Å². The molecule has 1 aliphatic heterocycles. The molecule has 0 aromatic heterocycles. The summed E-state index contributed by atoms with van der Waals surface area (Å²) >= 11 is 0. The molecule has 31 heavy (non-hydrogen) atoms. The van der Waals surface area contributed by atoms with Gasteiger partial charge in [0.05, 0.1) is 0 Å². The van der Waals surface area contributed by atoms with Gasteiger partial charge >= 0.3 is 6.03 Å². The highest BCUT2D eigenvalue weighted by Gasteiger charge is 2.50. The SMILES string of the molecule is CC(C)c1ccc(NC(=O)CN2C(=O)N[C@](C)(c3cccc4ccccc34)C2=O)cc1. The molecule has 0 radical (unpaired) electrons. The zero-order valence-corrected chi connectivity index (χ0v) is 17.8. The summed E-state index contributed by atoms with van der Waals surface area (Å²) in [5, 5.41) is 7.41. The van der Waals surface area contributed by atoms with Gasteiger partial charge in [-0.15, -0.1) is 0 Å². The van der Waals surface area contributed by atoms with Gasteiger partial charge in [-0.25, -0.2) is 4.79 Å². The van der Waals surface area contributed by atoms with E-state index >= 15 is 0 Å². The van der Waals surface area contributed by atoms with Crippen LogP contribution in [0.4, 0.5) is 10.5 Å².